The normalized spacial score (nSPS) is 17.1. The molecule has 156 valence electrons. The molecule has 1 atom stereocenters. The summed E-state index contributed by atoms with van der Waals surface area (Å²) in [5.74, 6) is -0.0854. The van der Waals surface area contributed by atoms with Crippen LogP contribution in [0, 0.1) is 20.8 Å². The Hall–Kier alpha value is -2.22. The van der Waals surface area contributed by atoms with Crippen LogP contribution in [0.25, 0.3) is 0 Å². The minimum atomic E-state index is -3.55. The van der Waals surface area contributed by atoms with Crippen LogP contribution in [-0.4, -0.2) is 55.8 Å². The molecule has 1 N–H and O–H groups in total. The molecule has 29 heavy (non-hydrogen) atoms. The zero-order chi connectivity index (χ0) is 21.2. The minimum Gasteiger partial charge on any atom is -0.325 e. The molecule has 1 aliphatic rings. The van der Waals surface area contributed by atoms with E-state index in [0.29, 0.717) is 31.1 Å². The van der Waals surface area contributed by atoms with E-state index in [4.69, 9.17) is 0 Å². The number of benzene rings is 2. The third-order valence-corrected chi connectivity index (χ3v) is 7.65. The lowest BCUT2D eigenvalue weighted by atomic mass is 10.1. The summed E-state index contributed by atoms with van der Waals surface area (Å²) in [6, 6.07) is 12.8. The number of rotatable bonds is 5. The van der Waals surface area contributed by atoms with Gasteiger partial charge in [-0.2, -0.15) is 4.31 Å². The second-order valence-corrected chi connectivity index (χ2v) is 9.57. The Labute approximate surface area is 173 Å². The number of hydrogen-bond donors (Lipinski definition) is 1. The third-order valence-electron chi connectivity index (χ3n) is 5.44. The molecule has 0 radical (unpaired) electrons. The molecule has 0 aromatic heterocycles. The second kappa shape index (κ2) is 8.65. The molecule has 6 nitrogen and oxygen atoms in total. The van der Waals surface area contributed by atoms with Gasteiger partial charge in [0.15, 0.2) is 0 Å². The summed E-state index contributed by atoms with van der Waals surface area (Å²) in [6.45, 7) is 9.31. The number of anilines is 1. The minimum absolute atomic E-state index is 0.0854. The molecule has 2 aromatic rings. The Morgan fingerprint density at radius 2 is 1.52 bits per heavy atom. The van der Waals surface area contributed by atoms with Gasteiger partial charge in [-0.15, -0.1) is 0 Å². The number of para-hydroxylation sites is 1. The first-order valence-electron chi connectivity index (χ1n) is 9.88. The maximum atomic E-state index is 13.2. The topological polar surface area (TPSA) is 69.7 Å². The van der Waals surface area contributed by atoms with E-state index in [-0.39, 0.29) is 11.9 Å². The first kappa shape index (κ1) is 21.5. The first-order valence-corrected chi connectivity index (χ1v) is 11.3. The van der Waals surface area contributed by atoms with Gasteiger partial charge in [-0.1, -0.05) is 35.9 Å². The Kier molecular flexibility index (Phi) is 6.41. The van der Waals surface area contributed by atoms with Crippen LogP contribution in [0.15, 0.2) is 47.4 Å². The van der Waals surface area contributed by atoms with Gasteiger partial charge in [-0.05, 0) is 51.0 Å². The highest BCUT2D eigenvalue weighted by Gasteiger charge is 2.33. The number of hydrogen-bond acceptors (Lipinski definition) is 4. The van der Waals surface area contributed by atoms with E-state index >= 15 is 0 Å². The Morgan fingerprint density at radius 3 is 2.07 bits per heavy atom. The van der Waals surface area contributed by atoms with Crippen LogP contribution in [0.3, 0.4) is 0 Å². The molecule has 1 heterocycles. The van der Waals surface area contributed by atoms with Crippen LogP contribution in [0.1, 0.15) is 23.6 Å². The molecule has 0 bridgehead atoms. The first-order chi connectivity index (χ1) is 13.7. The second-order valence-electron chi connectivity index (χ2n) is 7.70. The van der Waals surface area contributed by atoms with Gasteiger partial charge in [-0.25, -0.2) is 8.42 Å². The number of nitrogens with one attached hydrogen (secondary N) is 1. The number of nitrogens with zero attached hydrogens (tertiary/aromatic N) is 2. The Bertz CT molecular complexity index is 959. The fourth-order valence-corrected chi connectivity index (χ4v) is 5.80. The van der Waals surface area contributed by atoms with Gasteiger partial charge in [0, 0.05) is 31.9 Å². The van der Waals surface area contributed by atoms with E-state index in [9.17, 15) is 13.2 Å². The molecule has 1 aliphatic heterocycles. The van der Waals surface area contributed by atoms with E-state index in [2.05, 4.69) is 5.32 Å². The summed E-state index contributed by atoms with van der Waals surface area (Å²) >= 11 is 0. The highest BCUT2D eigenvalue weighted by Crippen LogP contribution is 2.26. The van der Waals surface area contributed by atoms with Crippen LogP contribution in [-0.2, 0) is 14.8 Å². The van der Waals surface area contributed by atoms with Gasteiger partial charge in [0.25, 0.3) is 0 Å². The Morgan fingerprint density at radius 1 is 0.966 bits per heavy atom. The number of carbonyl (C=O) groups is 1. The summed E-state index contributed by atoms with van der Waals surface area (Å²) in [7, 11) is -3.55. The smallest absolute Gasteiger partial charge is 0.243 e. The van der Waals surface area contributed by atoms with E-state index in [0.717, 1.165) is 22.4 Å². The fourth-order valence-electron chi connectivity index (χ4n) is 3.97. The summed E-state index contributed by atoms with van der Waals surface area (Å²) in [4.78, 5) is 15.0. The molecular weight excluding hydrogens is 386 g/mol. The van der Waals surface area contributed by atoms with E-state index in [1.165, 1.54) is 4.31 Å². The lowest BCUT2D eigenvalue weighted by Crippen LogP contribution is -2.54. The number of amides is 1. The van der Waals surface area contributed by atoms with Crippen molar-refractivity contribution in [1.82, 2.24) is 9.21 Å². The molecule has 1 saturated heterocycles. The van der Waals surface area contributed by atoms with Gasteiger partial charge >= 0.3 is 0 Å². The van der Waals surface area contributed by atoms with Gasteiger partial charge in [0.05, 0.1) is 10.9 Å². The van der Waals surface area contributed by atoms with Crippen LogP contribution >= 0.6 is 0 Å². The molecule has 3 rings (SSSR count). The number of piperazine rings is 1. The molecule has 7 heteroatoms. The van der Waals surface area contributed by atoms with Crippen molar-refractivity contribution in [3.8, 4) is 0 Å². The molecule has 1 fully saturated rings. The molecule has 0 saturated carbocycles. The van der Waals surface area contributed by atoms with Crippen molar-refractivity contribution in [3.63, 3.8) is 0 Å². The van der Waals surface area contributed by atoms with E-state index < -0.39 is 10.0 Å². The summed E-state index contributed by atoms with van der Waals surface area (Å²) in [6.07, 6.45) is 0. The predicted octanol–water partition coefficient (Wildman–Crippen LogP) is 2.95. The quantitative estimate of drug-likeness (QED) is 0.815. The van der Waals surface area contributed by atoms with Crippen LogP contribution in [0.2, 0.25) is 0 Å². The highest BCUT2D eigenvalue weighted by molar-refractivity contribution is 7.89. The van der Waals surface area contributed by atoms with Gasteiger partial charge in [-0.3, -0.25) is 9.69 Å². The number of sulfonamides is 1. The fraction of sp³-hybridized carbons (Fsp3) is 0.409. The van der Waals surface area contributed by atoms with Gasteiger partial charge in [0.1, 0.15) is 0 Å². The van der Waals surface area contributed by atoms with Crippen molar-refractivity contribution >= 4 is 21.6 Å². The van der Waals surface area contributed by atoms with Crippen LogP contribution < -0.4 is 5.32 Å². The third kappa shape index (κ3) is 4.69. The summed E-state index contributed by atoms with van der Waals surface area (Å²) in [5.41, 5.74) is 3.37. The molecular formula is C22H29N3O3S. The zero-order valence-corrected chi connectivity index (χ0v) is 18.3. The lowest BCUT2D eigenvalue weighted by molar-refractivity contribution is -0.121. The number of aryl methyl sites for hydroxylation is 3. The zero-order valence-electron chi connectivity index (χ0n) is 17.5. The maximum Gasteiger partial charge on any atom is 0.243 e. The average Bonchev–Trinajstić information content (AvgIpc) is 2.67. The highest BCUT2D eigenvalue weighted by atomic mass is 32.2. The molecule has 1 amide bonds. The van der Waals surface area contributed by atoms with E-state index in [1.807, 2.05) is 75.1 Å². The largest absolute Gasteiger partial charge is 0.325 e. The average molecular weight is 416 g/mol. The molecule has 0 aliphatic carbocycles. The molecule has 0 unspecified atom stereocenters. The van der Waals surface area contributed by atoms with Gasteiger partial charge < -0.3 is 5.32 Å². The van der Waals surface area contributed by atoms with E-state index in [1.54, 1.807) is 0 Å². The Balaban J connectivity index is 1.66. The SMILES string of the molecule is Cc1cc(C)c(S(=O)(=O)N2CCN([C@H](C)C(=O)Nc3ccccc3)CC2)c(C)c1. The lowest BCUT2D eigenvalue weighted by Gasteiger charge is -2.37. The van der Waals surface area contributed by atoms with Gasteiger partial charge in [0.2, 0.25) is 15.9 Å². The number of carbonyl (C=O) groups excluding carboxylic acids is 1. The van der Waals surface area contributed by atoms with Crippen LogP contribution in [0.5, 0.6) is 0 Å². The summed E-state index contributed by atoms with van der Waals surface area (Å²) in [5, 5.41) is 2.91. The standard InChI is InChI=1S/C22H29N3O3S/c1-16-14-17(2)21(18(3)15-16)29(27,28)25-12-10-24(11-13-25)19(4)22(26)23-20-8-6-5-7-9-20/h5-9,14-15,19H,10-13H2,1-4H3,(H,23,26)/t19-/m1/s1. The molecule has 2 aromatic carbocycles. The van der Waals surface area contributed by atoms with Crippen molar-refractivity contribution in [2.45, 2.75) is 38.6 Å². The summed E-state index contributed by atoms with van der Waals surface area (Å²) < 4.78 is 28.0. The van der Waals surface area contributed by atoms with Crippen molar-refractivity contribution < 1.29 is 13.2 Å². The van der Waals surface area contributed by atoms with Crippen molar-refractivity contribution in [3.05, 3.63) is 59.2 Å². The maximum absolute atomic E-state index is 13.2. The van der Waals surface area contributed by atoms with Crippen molar-refractivity contribution in [1.29, 1.82) is 0 Å². The van der Waals surface area contributed by atoms with Crippen molar-refractivity contribution in [2.75, 3.05) is 31.5 Å². The molecule has 0 spiro atoms. The monoisotopic (exact) mass is 415 g/mol. The van der Waals surface area contributed by atoms with Crippen LogP contribution in [0.4, 0.5) is 5.69 Å². The predicted molar refractivity (Wildman–Crippen MR) is 116 cm³/mol. The van der Waals surface area contributed by atoms with Crippen molar-refractivity contribution in [2.24, 2.45) is 0 Å².